The second kappa shape index (κ2) is 51.3. The lowest BCUT2D eigenvalue weighted by Gasteiger charge is -2.20. The summed E-state index contributed by atoms with van der Waals surface area (Å²) in [4.78, 5) is 33.8. The van der Waals surface area contributed by atoms with Gasteiger partial charge < -0.3 is 25.2 Å². The number of carbonyl (C=O) groups excluding carboxylic acids is 1. The molecule has 11 heteroatoms. The van der Waals surface area contributed by atoms with Crippen LogP contribution in [0.3, 0.4) is 0 Å². The highest BCUT2D eigenvalue weighted by molar-refractivity contribution is 7.47. The molecule has 0 aromatic rings. The maximum Gasteiger partial charge on any atom is 0.472 e. The van der Waals surface area contributed by atoms with E-state index in [1.54, 1.807) is 0 Å². The Morgan fingerprint density at radius 1 is 0.485 bits per heavy atom. The summed E-state index contributed by atoms with van der Waals surface area (Å²) in [5, 5.41) is 8.94. The molecule has 66 heavy (non-hydrogen) atoms. The van der Waals surface area contributed by atoms with Crippen molar-refractivity contribution in [2.45, 2.75) is 289 Å². The molecule has 10 nitrogen and oxygen atoms in total. The number of nitrogens with two attached hydrogens (primary N) is 1. The number of esters is 1. The van der Waals surface area contributed by atoms with E-state index in [1.165, 1.54) is 212 Å². The molecular weight excluding hydrogens is 850 g/mol. The maximum absolute atomic E-state index is 12.7. The Hall–Kier alpha value is -1.55. The first-order valence-electron chi connectivity index (χ1n) is 27.9. The fraction of sp³-hybridized carbons (Fsp3) is 0.891. The molecule has 3 atom stereocenters. The largest absolute Gasteiger partial charge is 0.480 e. The lowest BCUT2D eigenvalue weighted by Crippen LogP contribution is -2.34. The fourth-order valence-corrected chi connectivity index (χ4v) is 8.95. The van der Waals surface area contributed by atoms with E-state index in [-0.39, 0.29) is 13.0 Å². The van der Waals surface area contributed by atoms with Gasteiger partial charge in [-0.3, -0.25) is 18.6 Å². The number of hydrogen-bond acceptors (Lipinski definition) is 8. The fourth-order valence-electron chi connectivity index (χ4n) is 8.17. The molecule has 0 spiro atoms. The number of ether oxygens (including phenoxy) is 2. The van der Waals surface area contributed by atoms with E-state index >= 15 is 0 Å². The van der Waals surface area contributed by atoms with E-state index in [9.17, 15) is 19.0 Å². The quantitative estimate of drug-likeness (QED) is 0.0232. The molecule has 0 aliphatic carbocycles. The number of aliphatic carboxylic acids is 1. The minimum atomic E-state index is -4.62. The normalized spacial score (nSPS) is 13.8. The van der Waals surface area contributed by atoms with Crippen molar-refractivity contribution in [3.63, 3.8) is 0 Å². The third kappa shape index (κ3) is 50.3. The lowest BCUT2D eigenvalue weighted by molar-refractivity contribution is -0.154. The van der Waals surface area contributed by atoms with Gasteiger partial charge >= 0.3 is 19.8 Å². The van der Waals surface area contributed by atoms with Gasteiger partial charge in [-0.15, -0.1) is 0 Å². The average molecular weight is 956 g/mol. The molecule has 0 amide bonds. The predicted octanol–water partition coefficient (Wildman–Crippen LogP) is 16.6. The number of phosphoric acid groups is 1. The van der Waals surface area contributed by atoms with Crippen LogP contribution < -0.4 is 5.73 Å². The van der Waals surface area contributed by atoms with Crippen LogP contribution in [0.2, 0.25) is 0 Å². The van der Waals surface area contributed by atoms with Crippen LogP contribution in [0.1, 0.15) is 277 Å². The van der Waals surface area contributed by atoms with Gasteiger partial charge in [-0.1, -0.05) is 250 Å². The molecule has 4 N–H and O–H groups in total. The van der Waals surface area contributed by atoms with Crippen LogP contribution in [0.5, 0.6) is 0 Å². The highest BCUT2D eigenvalue weighted by atomic mass is 31.2. The number of carboxylic acid groups (broad SMARTS) is 1. The van der Waals surface area contributed by atoms with Gasteiger partial charge in [0.05, 0.1) is 19.8 Å². The van der Waals surface area contributed by atoms with Crippen molar-refractivity contribution in [2.24, 2.45) is 5.73 Å². The summed E-state index contributed by atoms with van der Waals surface area (Å²) in [6.07, 6.45) is 59.6. The summed E-state index contributed by atoms with van der Waals surface area (Å²) >= 11 is 0. The molecule has 0 aliphatic rings. The molecule has 0 bridgehead atoms. The Labute approximate surface area is 406 Å². The van der Waals surface area contributed by atoms with Crippen molar-refractivity contribution < 1.29 is 42.7 Å². The minimum Gasteiger partial charge on any atom is -0.480 e. The van der Waals surface area contributed by atoms with Gasteiger partial charge in [-0.2, -0.15) is 0 Å². The van der Waals surface area contributed by atoms with E-state index in [0.717, 1.165) is 44.9 Å². The first kappa shape index (κ1) is 64.5. The van der Waals surface area contributed by atoms with E-state index in [2.05, 4.69) is 38.2 Å². The van der Waals surface area contributed by atoms with Crippen molar-refractivity contribution in [3.05, 3.63) is 24.3 Å². The van der Waals surface area contributed by atoms with Crippen molar-refractivity contribution in [3.8, 4) is 0 Å². The highest BCUT2D eigenvalue weighted by Crippen LogP contribution is 2.43. The molecule has 0 saturated heterocycles. The number of hydrogen-bond donors (Lipinski definition) is 3. The number of allylic oxidation sites excluding steroid dienone is 4. The van der Waals surface area contributed by atoms with Crippen molar-refractivity contribution in [2.75, 3.05) is 26.4 Å². The smallest absolute Gasteiger partial charge is 0.472 e. The standard InChI is InChI=1S/C55H106NO9P/c1-3-5-7-9-11-13-15-17-19-21-23-25-27-29-31-33-35-37-39-41-43-45-47-54(57)65-52(50-63-66(60,61)64-51-53(56)55(58)59)49-62-48-46-44-42-40-38-36-34-32-30-28-26-24-22-20-18-16-14-12-10-8-6-4-2/h16,18,22,24,52-53H,3-15,17,19-21,23,25-51,56H2,1-2H3,(H,58,59)(H,60,61)/b18-16-,24-22-. The molecule has 3 unspecified atom stereocenters. The van der Waals surface area contributed by atoms with Crippen LogP contribution in [0.15, 0.2) is 24.3 Å². The van der Waals surface area contributed by atoms with Gasteiger partial charge in [0.1, 0.15) is 12.1 Å². The Bertz CT molecular complexity index is 1150. The summed E-state index contributed by atoms with van der Waals surface area (Å²) in [6.45, 7) is 3.93. The van der Waals surface area contributed by atoms with Crippen LogP contribution in [-0.4, -0.2) is 60.5 Å². The molecule has 0 fully saturated rings. The summed E-state index contributed by atoms with van der Waals surface area (Å²) in [5.41, 5.74) is 5.39. The Morgan fingerprint density at radius 2 is 0.833 bits per heavy atom. The van der Waals surface area contributed by atoms with Crippen molar-refractivity contribution in [1.82, 2.24) is 0 Å². The Balaban J connectivity index is 4.06. The SMILES string of the molecule is CCCCCCC/C=C\C/C=C\CCCCCCCCCCCCOCC(COP(=O)(O)OCC(N)C(=O)O)OC(=O)CCCCCCCCCCCCCCCCCCCCCCCC. The van der Waals surface area contributed by atoms with Gasteiger partial charge in [0.15, 0.2) is 0 Å². The number of unbranched alkanes of at least 4 members (excludes halogenated alkanes) is 36. The Kier molecular flexibility index (Phi) is 50.1. The molecule has 0 aromatic carbocycles. The minimum absolute atomic E-state index is 0.0197. The number of rotatable bonds is 54. The summed E-state index contributed by atoms with van der Waals surface area (Å²) < 4.78 is 33.6. The molecule has 0 rings (SSSR count). The molecule has 0 heterocycles. The third-order valence-corrected chi connectivity index (χ3v) is 13.4. The van der Waals surface area contributed by atoms with Crippen molar-refractivity contribution >= 4 is 19.8 Å². The number of carboxylic acids is 1. The zero-order valence-corrected chi connectivity index (χ0v) is 44.0. The van der Waals surface area contributed by atoms with E-state index in [1.807, 2.05) is 0 Å². The van der Waals surface area contributed by atoms with Crippen LogP contribution in [-0.2, 0) is 32.7 Å². The topological polar surface area (TPSA) is 155 Å². The van der Waals surface area contributed by atoms with Gasteiger partial charge in [0, 0.05) is 13.0 Å². The predicted molar refractivity (Wildman–Crippen MR) is 277 cm³/mol. The molecule has 0 aliphatic heterocycles. The molecule has 0 saturated carbocycles. The maximum atomic E-state index is 12.7. The first-order chi connectivity index (χ1) is 32.2. The van der Waals surface area contributed by atoms with Crippen LogP contribution >= 0.6 is 7.82 Å². The van der Waals surface area contributed by atoms with Gasteiger partial charge in [-0.25, -0.2) is 4.57 Å². The zero-order valence-electron chi connectivity index (χ0n) is 43.1. The monoisotopic (exact) mass is 956 g/mol. The molecule has 0 aromatic heterocycles. The van der Waals surface area contributed by atoms with E-state index in [4.69, 9.17) is 29.4 Å². The summed E-state index contributed by atoms with van der Waals surface area (Å²) in [5.74, 6) is -1.77. The van der Waals surface area contributed by atoms with Crippen LogP contribution in [0, 0.1) is 0 Å². The summed E-state index contributed by atoms with van der Waals surface area (Å²) in [7, 11) is -4.62. The summed E-state index contributed by atoms with van der Waals surface area (Å²) in [6, 6.07) is -1.47. The zero-order chi connectivity index (χ0) is 48.3. The highest BCUT2D eigenvalue weighted by Gasteiger charge is 2.27. The van der Waals surface area contributed by atoms with Gasteiger partial charge in [-0.05, 0) is 44.9 Å². The second-order valence-corrected chi connectivity index (χ2v) is 20.5. The van der Waals surface area contributed by atoms with E-state index in [0.29, 0.717) is 6.61 Å². The average Bonchev–Trinajstić information content (AvgIpc) is 3.30. The van der Waals surface area contributed by atoms with Crippen molar-refractivity contribution in [1.29, 1.82) is 0 Å². The molecular formula is C55H106NO9P. The Morgan fingerprint density at radius 3 is 1.23 bits per heavy atom. The second-order valence-electron chi connectivity index (χ2n) is 19.1. The third-order valence-electron chi connectivity index (χ3n) is 12.5. The molecule has 0 radical (unpaired) electrons. The first-order valence-corrected chi connectivity index (χ1v) is 29.4. The van der Waals surface area contributed by atoms with Crippen LogP contribution in [0.4, 0.5) is 0 Å². The van der Waals surface area contributed by atoms with E-state index < -0.39 is 45.1 Å². The number of phosphoric ester groups is 1. The van der Waals surface area contributed by atoms with Gasteiger partial charge in [0.2, 0.25) is 0 Å². The van der Waals surface area contributed by atoms with Crippen LogP contribution in [0.25, 0.3) is 0 Å². The van der Waals surface area contributed by atoms with Gasteiger partial charge in [0.25, 0.3) is 0 Å². The lowest BCUT2D eigenvalue weighted by atomic mass is 10.0. The molecule has 390 valence electrons. The number of carbonyl (C=O) groups is 2.